The number of carbonyl (C=O) groups is 2. The quantitative estimate of drug-likeness (QED) is 0.599. The van der Waals surface area contributed by atoms with Crippen molar-refractivity contribution in [2.24, 2.45) is 0 Å². The van der Waals surface area contributed by atoms with Crippen LogP contribution in [0.5, 0.6) is 0 Å². The minimum absolute atomic E-state index is 0.0726. The Labute approximate surface area is 105 Å². The van der Waals surface area contributed by atoms with Gasteiger partial charge < -0.3 is 14.9 Å². The number of ketones is 1. The molecule has 0 radical (unpaired) electrons. The van der Waals surface area contributed by atoms with Crippen molar-refractivity contribution in [3.05, 3.63) is 35.4 Å². The first kappa shape index (κ1) is 14.3. The number of aliphatic hydroxyl groups excluding tert-OH is 2. The molecule has 1 aromatic carbocycles. The van der Waals surface area contributed by atoms with Crippen LogP contribution in [0.25, 0.3) is 0 Å². The van der Waals surface area contributed by atoms with Crippen molar-refractivity contribution < 1.29 is 24.5 Å². The first-order valence-electron chi connectivity index (χ1n) is 5.58. The highest BCUT2D eigenvalue weighted by Gasteiger charge is 2.26. The van der Waals surface area contributed by atoms with Crippen LogP contribution in [0.3, 0.4) is 0 Å². The van der Waals surface area contributed by atoms with Gasteiger partial charge in [-0.3, -0.25) is 4.79 Å². The van der Waals surface area contributed by atoms with Gasteiger partial charge in [0.1, 0.15) is 6.10 Å². The number of rotatable bonds is 5. The molecule has 0 saturated carbocycles. The molecule has 0 saturated heterocycles. The standard InChI is InChI=1S/C13H16O5/c1-3-10(14)8-5-4-6-9(7-8)11(15)12(16)13(17)18-2/h4-7,11-12,15-16H,3H2,1-2H3. The summed E-state index contributed by atoms with van der Waals surface area (Å²) >= 11 is 0. The molecule has 0 bridgehead atoms. The number of Topliss-reactive ketones (excluding diaryl/α,β-unsaturated/α-hetero) is 1. The van der Waals surface area contributed by atoms with Crippen LogP contribution in [0.15, 0.2) is 24.3 Å². The second-order valence-corrected chi connectivity index (χ2v) is 3.82. The summed E-state index contributed by atoms with van der Waals surface area (Å²) in [5, 5.41) is 19.3. The maximum Gasteiger partial charge on any atom is 0.337 e. The Bertz CT molecular complexity index is 441. The van der Waals surface area contributed by atoms with Crippen LogP contribution in [0, 0.1) is 0 Å². The van der Waals surface area contributed by atoms with E-state index in [4.69, 9.17) is 0 Å². The van der Waals surface area contributed by atoms with Crippen molar-refractivity contribution in [3.63, 3.8) is 0 Å². The first-order valence-corrected chi connectivity index (χ1v) is 5.58. The highest BCUT2D eigenvalue weighted by Crippen LogP contribution is 2.19. The molecule has 2 atom stereocenters. The maximum atomic E-state index is 11.5. The summed E-state index contributed by atoms with van der Waals surface area (Å²) in [5.74, 6) is -0.994. The molecule has 98 valence electrons. The largest absolute Gasteiger partial charge is 0.467 e. The average molecular weight is 252 g/mol. The smallest absolute Gasteiger partial charge is 0.337 e. The Morgan fingerprint density at radius 2 is 2.00 bits per heavy atom. The van der Waals surface area contributed by atoms with E-state index in [1.807, 2.05) is 0 Å². The van der Waals surface area contributed by atoms with E-state index in [1.54, 1.807) is 19.1 Å². The third-order valence-corrected chi connectivity index (χ3v) is 2.61. The molecule has 18 heavy (non-hydrogen) atoms. The van der Waals surface area contributed by atoms with E-state index < -0.39 is 18.2 Å². The molecular formula is C13H16O5. The fourth-order valence-electron chi connectivity index (χ4n) is 1.53. The predicted molar refractivity (Wildman–Crippen MR) is 64.0 cm³/mol. The predicted octanol–water partition coefficient (Wildman–Crippen LogP) is 0.847. The van der Waals surface area contributed by atoms with Gasteiger partial charge in [-0.15, -0.1) is 0 Å². The van der Waals surface area contributed by atoms with Gasteiger partial charge in [-0.25, -0.2) is 4.79 Å². The van der Waals surface area contributed by atoms with Crippen LogP contribution >= 0.6 is 0 Å². The molecule has 2 unspecified atom stereocenters. The van der Waals surface area contributed by atoms with Gasteiger partial charge in [0.05, 0.1) is 7.11 Å². The molecule has 0 amide bonds. The van der Waals surface area contributed by atoms with Gasteiger partial charge in [-0.1, -0.05) is 25.1 Å². The Morgan fingerprint density at radius 3 is 2.56 bits per heavy atom. The minimum Gasteiger partial charge on any atom is -0.467 e. The molecular weight excluding hydrogens is 236 g/mol. The summed E-state index contributed by atoms with van der Waals surface area (Å²) in [4.78, 5) is 22.6. The number of aliphatic hydroxyl groups is 2. The van der Waals surface area contributed by atoms with Crippen LogP contribution in [0.4, 0.5) is 0 Å². The fourth-order valence-corrected chi connectivity index (χ4v) is 1.53. The van der Waals surface area contributed by atoms with Gasteiger partial charge in [0, 0.05) is 12.0 Å². The summed E-state index contributed by atoms with van der Waals surface area (Å²) < 4.78 is 4.34. The van der Waals surface area contributed by atoms with Crippen molar-refractivity contribution in [1.82, 2.24) is 0 Å². The lowest BCUT2D eigenvalue weighted by Gasteiger charge is -2.16. The Kier molecular flexibility index (Phi) is 5.00. The molecule has 0 aliphatic rings. The summed E-state index contributed by atoms with van der Waals surface area (Å²) in [6.07, 6.45) is -2.73. The normalized spacial score (nSPS) is 13.8. The third-order valence-electron chi connectivity index (χ3n) is 2.61. The second kappa shape index (κ2) is 6.28. The third kappa shape index (κ3) is 3.15. The van der Waals surface area contributed by atoms with Gasteiger partial charge in [0.25, 0.3) is 0 Å². The van der Waals surface area contributed by atoms with Crippen molar-refractivity contribution in [1.29, 1.82) is 0 Å². The molecule has 0 fully saturated rings. The number of ether oxygens (including phenoxy) is 1. The topological polar surface area (TPSA) is 83.8 Å². The molecule has 0 aliphatic carbocycles. The van der Waals surface area contributed by atoms with Crippen molar-refractivity contribution in [2.45, 2.75) is 25.6 Å². The maximum absolute atomic E-state index is 11.5. The molecule has 0 heterocycles. The fraction of sp³-hybridized carbons (Fsp3) is 0.385. The molecule has 1 rings (SSSR count). The summed E-state index contributed by atoms with van der Waals surface area (Å²) in [5.41, 5.74) is 0.735. The molecule has 0 aliphatic heterocycles. The number of hydrogen-bond donors (Lipinski definition) is 2. The number of hydrogen-bond acceptors (Lipinski definition) is 5. The van der Waals surface area contributed by atoms with Gasteiger partial charge in [0.15, 0.2) is 11.9 Å². The SMILES string of the molecule is CCC(=O)c1cccc(C(O)C(O)C(=O)OC)c1. The highest BCUT2D eigenvalue weighted by molar-refractivity contribution is 5.96. The highest BCUT2D eigenvalue weighted by atomic mass is 16.5. The van der Waals surface area contributed by atoms with E-state index in [9.17, 15) is 19.8 Å². The molecule has 0 aromatic heterocycles. The van der Waals surface area contributed by atoms with Crippen LogP contribution in [0.2, 0.25) is 0 Å². The van der Waals surface area contributed by atoms with Crippen LogP contribution in [0.1, 0.15) is 35.4 Å². The van der Waals surface area contributed by atoms with Gasteiger partial charge in [-0.2, -0.15) is 0 Å². The van der Waals surface area contributed by atoms with Crippen LogP contribution in [-0.2, 0) is 9.53 Å². The first-order chi connectivity index (χ1) is 8.51. The van der Waals surface area contributed by atoms with E-state index in [1.165, 1.54) is 12.1 Å². The van der Waals surface area contributed by atoms with E-state index in [0.717, 1.165) is 7.11 Å². The molecule has 0 spiro atoms. The lowest BCUT2D eigenvalue weighted by Crippen LogP contribution is -2.29. The van der Waals surface area contributed by atoms with E-state index >= 15 is 0 Å². The minimum atomic E-state index is -1.66. The molecule has 5 nitrogen and oxygen atoms in total. The molecule has 5 heteroatoms. The van der Waals surface area contributed by atoms with Crippen LogP contribution in [-0.4, -0.2) is 35.2 Å². The number of benzene rings is 1. The molecule has 2 N–H and O–H groups in total. The zero-order valence-corrected chi connectivity index (χ0v) is 10.3. The Balaban J connectivity index is 2.96. The zero-order valence-electron chi connectivity index (χ0n) is 10.3. The van der Waals surface area contributed by atoms with Crippen LogP contribution < -0.4 is 0 Å². The van der Waals surface area contributed by atoms with E-state index in [0.29, 0.717) is 17.5 Å². The summed E-state index contributed by atoms with van der Waals surface area (Å²) in [6.45, 7) is 1.73. The van der Waals surface area contributed by atoms with Gasteiger partial charge >= 0.3 is 5.97 Å². The Morgan fingerprint density at radius 1 is 1.33 bits per heavy atom. The molecule has 1 aromatic rings. The monoisotopic (exact) mass is 252 g/mol. The summed E-state index contributed by atoms with van der Waals surface area (Å²) in [7, 11) is 1.12. The van der Waals surface area contributed by atoms with E-state index in [2.05, 4.69) is 4.74 Å². The van der Waals surface area contributed by atoms with Crippen molar-refractivity contribution in [2.75, 3.05) is 7.11 Å². The number of methoxy groups -OCH3 is 1. The lowest BCUT2D eigenvalue weighted by atomic mass is 9.99. The Hall–Kier alpha value is -1.72. The zero-order chi connectivity index (χ0) is 13.7. The van der Waals surface area contributed by atoms with Gasteiger partial charge in [0.2, 0.25) is 0 Å². The lowest BCUT2D eigenvalue weighted by molar-refractivity contribution is -0.156. The second-order valence-electron chi connectivity index (χ2n) is 3.82. The summed E-state index contributed by atoms with van der Waals surface area (Å²) in [6, 6.07) is 6.20. The number of esters is 1. The number of carbonyl (C=O) groups excluding carboxylic acids is 2. The van der Waals surface area contributed by atoms with Gasteiger partial charge in [-0.05, 0) is 11.6 Å². The van der Waals surface area contributed by atoms with Crippen molar-refractivity contribution in [3.8, 4) is 0 Å². The van der Waals surface area contributed by atoms with Crippen molar-refractivity contribution >= 4 is 11.8 Å². The van der Waals surface area contributed by atoms with E-state index in [-0.39, 0.29) is 5.78 Å². The average Bonchev–Trinajstić information content (AvgIpc) is 2.43.